The van der Waals surface area contributed by atoms with Gasteiger partial charge in [0.2, 0.25) is 0 Å². The third kappa shape index (κ3) is 3.54. The molecule has 1 N–H and O–H groups in total. The first-order chi connectivity index (χ1) is 11.5. The minimum absolute atomic E-state index is 0.0473. The van der Waals surface area contributed by atoms with Crippen LogP contribution >= 0.6 is 0 Å². The number of hydrogen-bond acceptors (Lipinski definition) is 5. The molecule has 0 unspecified atom stereocenters. The molecule has 126 valence electrons. The fourth-order valence-electron chi connectivity index (χ4n) is 2.70. The van der Waals surface area contributed by atoms with Crippen molar-refractivity contribution in [1.82, 2.24) is 19.8 Å². The number of hydrogen-bond donors (Lipinski definition) is 1. The molecule has 1 aromatic heterocycles. The number of rotatable bonds is 3. The van der Waals surface area contributed by atoms with Crippen molar-refractivity contribution in [3.8, 4) is 0 Å². The number of nitrogens with zero attached hydrogens (tertiary/aromatic N) is 4. The normalized spacial score (nSPS) is 15.4. The topological polar surface area (TPSA) is 61.4 Å². The summed E-state index contributed by atoms with van der Waals surface area (Å²) in [5.74, 6) is 0.590. The largest absolute Gasteiger partial charge is 0.339 e. The molecule has 1 fully saturated rings. The van der Waals surface area contributed by atoms with Crippen molar-refractivity contribution < 1.29 is 4.79 Å². The molecule has 24 heavy (non-hydrogen) atoms. The molecule has 6 nitrogen and oxygen atoms in total. The number of amides is 1. The van der Waals surface area contributed by atoms with E-state index in [2.05, 4.69) is 47.1 Å². The summed E-state index contributed by atoms with van der Waals surface area (Å²) in [6, 6.07) is 6.08. The number of aromatic nitrogens is 2. The van der Waals surface area contributed by atoms with Crippen LogP contribution in [-0.2, 0) is 0 Å². The summed E-state index contributed by atoms with van der Waals surface area (Å²) in [7, 11) is 2.06. The molecule has 2 aromatic rings. The second kappa shape index (κ2) is 6.97. The fourth-order valence-corrected chi connectivity index (χ4v) is 2.70. The molecule has 2 heterocycles. The highest BCUT2D eigenvalue weighted by molar-refractivity contribution is 5.92. The Morgan fingerprint density at radius 1 is 1.08 bits per heavy atom. The van der Waals surface area contributed by atoms with E-state index in [1.54, 1.807) is 12.4 Å². The van der Waals surface area contributed by atoms with Crippen molar-refractivity contribution in [3.05, 3.63) is 47.4 Å². The number of carbonyl (C=O) groups is 1. The average Bonchev–Trinajstić information content (AvgIpc) is 2.60. The number of carbonyl (C=O) groups excluding carboxylic acids is 1. The van der Waals surface area contributed by atoms with Gasteiger partial charge in [0.25, 0.3) is 5.91 Å². The summed E-state index contributed by atoms with van der Waals surface area (Å²) in [5.41, 5.74) is 3.79. The quantitative estimate of drug-likeness (QED) is 0.937. The summed E-state index contributed by atoms with van der Waals surface area (Å²) >= 11 is 0. The second-order valence-corrected chi connectivity index (χ2v) is 6.25. The maximum absolute atomic E-state index is 12.5. The van der Waals surface area contributed by atoms with E-state index in [0.717, 1.165) is 31.9 Å². The monoisotopic (exact) mass is 325 g/mol. The van der Waals surface area contributed by atoms with Crippen molar-refractivity contribution in [2.24, 2.45) is 0 Å². The van der Waals surface area contributed by atoms with Gasteiger partial charge in [-0.25, -0.2) is 9.97 Å². The molecule has 1 aliphatic rings. The first kappa shape index (κ1) is 16.4. The lowest BCUT2D eigenvalue weighted by molar-refractivity contribution is 0.0658. The van der Waals surface area contributed by atoms with E-state index >= 15 is 0 Å². The van der Waals surface area contributed by atoms with Gasteiger partial charge in [-0.15, -0.1) is 0 Å². The van der Waals surface area contributed by atoms with Crippen LogP contribution in [0.5, 0.6) is 0 Å². The van der Waals surface area contributed by atoms with E-state index in [-0.39, 0.29) is 5.91 Å². The van der Waals surface area contributed by atoms with Crippen molar-refractivity contribution in [2.75, 3.05) is 38.5 Å². The van der Waals surface area contributed by atoms with Gasteiger partial charge in [0.15, 0.2) is 0 Å². The zero-order valence-electron chi connectivity index (χ0n) is 14.4. The zero-order valence-corrected chi connectivity index (χ0v) is 14.4. The van der Waals surface area contributed by atoms with E-state index in [9.17, 15) is 4.79 Å². The Morgan fingerprint density at radius 3 is 2.50 bits per heavy atom. The second-order valence-electron chi connectivity index (χ2n) is 6.25. The molecule has 0 atom stereocenters. The molecule has 0 radical (unpaired) electrons. The Hall–Kier alpha value is -2.47. The highest BCUT2D eigenvalue weighted by Crippen LogP contribution is 2.21. The van der Waals surface area contributed by atoms with Gasteiger partial charge in [0.1, 0.15) is 11.5 Å². The van der Waals surface area contributed by atoms with Gasteiger partial charge in [0.05, 0.1) is 12.4 Å². The van der Waals surface area contributed by atoms with Crippen LogP contribution in [0.2, 0.25) is 0 Å². The van der Waals surface area contributed by atoms with Gasteiger partial charge in [-0.1, -0.05) is 12.1 Å². The van der Waals surface area contributed by atoms with Crippen molar-refractivity contribution in [2.45, 2.75) is 13.8 Å². The van der Waals surface area contributed by atoms with Gasteiger partial charge >= 0.3 is 0 Å². The maximum Gasteiger partial charge on any atom is 0.274 e. The van der Waals surface area contributed by atoms with Gasteiger partial charge in [-0.05, 0) is 38.1 Å². The minimum atomic E-state index is -0.0473. The van der Waals surface area contributed by atoms with Crippen LogP contribution < -0.4 is 5.32 Å². The van der Waals surface area contributed by atoms with Crippen LogP contribution in [0, 0.1) is 13.8 Å². The van der Waals surface area contributed by atoms with Crippen LogP contribution in [-0.4, -0.2) is 58.9 Å². The first-order valence-electron chi connectivity index (χ1n) is 8.17. The van der Waals surface area contributed by atoms with Crippen molar-refractivity contribution >= 4 is 17.4 Å². The third-order valence-electron chi connectivity index (χ3n) is 4.53. The van der Waals surface area contributed by atoms with Crippen LogP contribution in [0.4, 0.5) is 11.5 Å². The third-order valence-corrected chi connectivity index (χ3v) is 4.53. The smallest absolute Gasteiger partial charge is 0.274 e. The molecule has 0 bridgehead atoms. The Kier molecular flexibility index (Phi) is 4.76. The molecular formula is C18H23N5O. The van der Waals surface area contributed by atoms with Crippen molar-refractivity contribution in [1.29, 1.82) is 0 Å². The molecule has 1 amide bonds. The number of nitrogens with one attached hydrogen (secondary N) is 1. The summed E-state index contributed by atoms with van der Waals surface area (Å²) in [6.07, 6.45) is 3.17. The van der Waals surface area contributed by atoms with Crippen LogP contribution in [0.25, 0.3) is 0 Å². The number of anilines is 2. The molecule has 1 aliphatic heterocycles. The standard InChI is InChI=1S/C18H23N5O/c1-13-5-4-6-15(14(13)2)21-17-12-19-16(11-20-17)18(24)23-9-7-22(3)8-10-23/h4-6,11-12H,7-10H2,1-3H3,(H,20,21). The summed E-state index contributed by atoms with van der Waals surface area (Å²) in [5, 5.41) is 3.26. The molecule has 1 aromatic carbocycles. The molecule has 6 heteroatoms. The van der Waals surface area contributed by atoms with E-state index in [1.807, 2.05) is 17.0 Å². The minimum Gasteiger partial charge on any atom is -0.339 e. The van der Waals surface area contributed by atoms with Crippen LogP contribution in [0.15, 0.2) is 30.6 Å². The van der Waals surface area contributed by atoms with E-state index < -0.39 is 0 Å². The summed E-state index contributed by atoms with van der Waals surface area (Å²) in [6.45, 7) is 7.40. The zero-order chi connectivity index (χ0) is 17.1. The lowest BCUT2D eigenvalue weighted by Crippen LogP contribution is -2.47. The van der Waals surface area contributed by atoms with E-state index in [4.69, 9.17) is 0 Å². The maximum atomic E-state index is 12.5. The van der Waals surface area contributed by atoms with E-state index in [0.29, 0.717) is 11.5 Å². The summed E-state index contributed by atoms with van der Waals surface area (Å²) in [4.78, 5) is 25.1. The Morgan fingerprint density at radius 2 is 1.83 bits per heavy atom. The molecule has 1 saturated heterocycles. The predicted octanol–water partition coefficient (Wildman–Crippen LogP) is 2.22. The molecule has 0 saturated carbocycles. The number of piperazine rings is 1. The molecular weight excluding hydrogens is 302 g/mol. The highest BCUT2D eigenvalue weighted by atomic mass is 16.2. The predicted molar refractivity (Wildman–Crippen MR) is 94.6 cm³/mol. The van der Waals surface area contributed by atoms with Crippen LogP contribution in [0.3, 0.4) is 0 Å². The average molecular weight is 325 g/mol. The lowest BCUT2D eigenvalue weighted by Gasteiger charge is -2.32. The Balaban J connectivity index is 1.69. The number of benzene rings is 1. The first-order valence-corrected chi connectivity index (χ1v) is 8.17. The Bertz CT molecular complexity index is 721. The SMILES string of the molecule is Cc1cccc(Nc2cnc(C(=O)N3CCN(C)CC3)cn2)c1C. The number of aryl methyl sites for hydroxylation is 1. The molecule has 3 rings (SSSR count). The summed E-state index contributed by atoms with van der Waals surface area (Å²) < 4.78 is 0. The molecule has 0 aliphatic carbocycles. The lowest BCUT2D eigenvalue weighted by atomic mass is 10.1. The van der Waals surface area contributed by atoms with Gasteiger partial charge in [-0.3, -0.25) is 4.79 Å². The Labute approximate surface area is 142 Å². The highest BCUT2D eigenvalue weighted by Gasteiger charge is 2.21. The molecule has 0 spiro atoms. The number of likely N-dealkylation sites (N-methyl/N-ethyl adjacent to an activating group) is 1. The van der Waals surface area contributed by atoms with Gasteiger partial charge in [-0.2, -0.15) is 0 Å². The van der Waals surface area contributed by atoms with Crippen molar-refractivity contribution in [3.63, 3.8) is 0 Å². The fraction of sp³-hybridized carbons (Fsp3) is 0.389. The van der Waals surface area contributed by atoms with Gasteiger partial charge < -0.3 is 15.1 Å². The van der Waals surface area contributed by atoms with Crippen LogP contribution in [0.1, 0.15) is 21.6 Å². The van der Waals surface area contributed by atoms with E-state index in [1.165, 1.54) is 11.1 Å². The van der Waals surface area contributed by atoms with Gasteiger partial charge in [0, 0.05) is 31.9 Å².